The summed E-state index contributed by atoms with van der Waals surface area (Å²) in [6, 6.07) is 0. The molecule has 0 saturated heterocycles. The van der Waals surface area contributed by atoms with Crippen LogP contribution in [0.15, 0.2) is 0 Å². The second-order valence-corrected chi connectivity index (χ2v) is 3.87. The molecule has 1 aliphatic rings. The standard InChI is InChI=1S/C10H15NO4/c1-11-9(13)8-4-6(10(14)15)2-3-7(8)5-12/h5-8H,2-4H2,1H3,(H,11,13)(H,14,15). The number of amides is 1. The number of carboxylic acid groups (broad SMARTS) is 1. The van der Waals surface area contributed by atoms with Crippen molar-refractivity contribution in [2.75, 3.05) is 7.05 Å². The number of aliphatic carboxylic acids is 1. The summed E-state index contributed by atoms with van der Waals surface area (Å²) < 4.78 is 0. The molecular weight excluding hydrogens is 198 g/mol. The highest BCUT2D eigenvalue weighted by Gasteiger charge is 2.37. The molecule has 3 unspecified atom stereocenters. The van der Waals surface area contributed by atoms with Gasteiger partial charge in [0.05, 0.1) is 5.92 Å². The Balaban J connectivity index is 2.73. The fourth-order valence-corrected chi connectivity index (χ4v) is 2.07. The average molecular weight is 213 g/mol. The van der Waals surface area contributed by atoms with E-state index in [1.54, 1.807) is 0 Å². The second-order valence-electron chi connectivity index (χ2n) is 3.87. The van der Waals surface area contributed by atoms with Crippen LogP contribution in [0.25, 0.3) is 0 Å². The zero-order valence-corrected chi connectivity index (χ0v) is 8.60. The fraction of sp³-hybridized carbons (Fsp3) is 0.700. The molecule has 5 nitrogen and oxygen atoms in total. The normalized spacial score (nSPS) is 30.6. The monoisotopic (exact) mass is 213 g/mol. The summed E-state index contributed by atoms with van der Waals surface area (Å²) in [4.78, 5) is 33.0. The van der Waals surface area contributed by atoms with Gasteiger partial charge in [-0.2, -0.15) is 0 Å². The number of carbonyl (C=O) groups excluding carboxylic acids is 2. The summed E-state index contributed by atoms with van der Waals surface area (Å²) in [5.41, 5.74) is 0. The van der Waals surface area contributed by atoms with Crippen molar-refractivity contribution in [1.29, 1.82) is 0 Å². The van der Waals surface area contributed by atoms with Crippen LogP contribution < -0.4 is 5.32 Å². The third-order valence-electron chi connectivity index (χ3n) is 3.01. The molecule has 0 heterocycles. The molecule has 1 aliphatic carbocycles. The Morgan fingerprint density at radius 1 is 1.40 bits per heavy atom. The van der Waals surface area contributed by atoms with Crippen molar-refractivity contribution in [3.05, 3.63) is 0 Å². The molecule has 2 N–H and O–H groups in total. The van der Waals surface area contributed by atoms with E-state index in [1.165, 1.54) is 7.05 Å². The van der Waals surface area contributed by atoms with Gasteiger partial charge in [-0.25, -0.2) is 0 Å². The maximum Gasteiger partial charge on any atom is 0.306 e. The van der Waals surface area contributed by atoms with Gasteiger partial charge in [0.2, 0.25) is 5.91 Å². The SMILES string of the molecule is CNC(=O)C1CC(C(=O)O)CCC1C=O. The van der Waals surface area contributed by atoms with E-state index in [-0.39, 0.29) is 18.2 Å². The maximum atomic E-state index is 11.4. The van der Waals surface area contributed by atoms with Gasteiger partial charge < -0.3 is 15.2 Å². The topological polar surface area (TPSA) is 83.5 Å². The van der Waals surface area contributed by atoms with Gasteiger partial charge >= 0.3 is 5.97 Å². The Morgan fingerprint density at radius 2 is 2.07 bits per heavy atom. The third kappa shape index (κ3) is 2.55. The number of nitrogens with one attached hydrogen (secondary N) is 1. The van der Waals surface area contributed by atoms with Crippen LogP contribution in [0.1, 0.15) is 19.3 Å². The number of aldehydes is 1. The van der Waals surface area contributed by atoms with Gasteiger partial charge in [0, 0.05) is 18.9 Å². The van der Waals surface area contributed by atoms with E-state index in [0.717, 1.165) is 6.29 Å². The van der Waals surface area contributed by atoms with Crippen molar-refractivity contribution in [1.82, 2.24) is 5.32 Å². The molecule has 5 heteroatoms. The smallest absolute Gasteiger partial charge is 0.306 e. The lowest BCUT2D eigenvalue weighted by molar-refractivity contribution is -0.145. The maximum absolute atomic E-state index is 11.4. The molecule has 15 heavy (non-hydrogen) atoms. The van der Waals surface area contributed by atoms with Crippen LogP contribution in [0, 0.1) is 17.8 Å². The largest absolute Gasteiger partial charge is 0.481 e. The van der Waals surface area contributed by atoms with Crippen LogP contribution in [0.3, 0.4) is 0 Å². The Labute approximate surface area is 87.8 Å². The summed E-state index contributed by atoms with van der Waals surface area (Å²) in [7, 11) is 1.49. The van der Waals surface area contributed by atoms with Crippen LogP contribution >= 0.6 is 0 Å². The van der Waals surface area contributed by atoms with E-state index in [1.807, 2.05) is 0 Å². The Hall–Kier alpha value is -1.39. The van der Waals surface area contributed by atoms with Crippen LogP contribution in [0.2, 0.25) is 0 Å². The first-order valence-electron chi connectivity index (χ1n) is 4.99. The van der Waals surface area contributed by atoms with Gasteiger partial charge in [0.15, 0.2) is 0 Å². The van der Waals surface area contributed by atoms with E-state index in [0.29, 0.717) is 12.8 Å². The number of rotatable bonds is 3. The van der Waals surface area contributed by atoms with Gasteiger partial charge in [-0.15, -0.1) is 0 Å². The minimum absolute atomic E-state index is 0.238. The van der Waals surface area contributed by atoms with Crippen LogP contribution in [-0.2, 0) is 14.4 Å². The summed E-state index contributed by atoms with van der Waals surface area (Å²) in [5.74, 6) is -2.43. The van der Waals surface area contributed by atoms with Gasteiger partial charge in [0.25, 0.3) is 0 Å². The first kappa shape index (κ1) is 11.7. The van der Waals surface area contributed by atoms with E-state index in [2.05, 4.69) is 5.32 Å². The summed E-state index contributed by atoms with van der Waals surface area (Å²) in [6.45, 7) is 0. The van der Waals surface area contributed by atoms with Crippen molar-refractivity contribution in [3.63, 3.8) is 0 Å². The molecule has 0 radical (unpaired) electrons. The van der Waals surface area contributed by atoms with E-state index in [4.69, 9.17) is 5.11 Å². The van der Waals surface area contributed by atoms with E-state index >= 15 is 0 Å². The molecule has 3 atom stereocenters. The summed E-state index contributed by atoms with van der Waals surface area (Å²) in [6.07, 6.45) is 1.99. The number of hydrogen-bond acceptors (Lipinski definition) is 3. The molecule has 0 aromatic rings. The van der Waals surface area contributed by atoms with Gasteiger partial charge in [-0.05, 0) is 19.3 Å². The number of carboxylic acids is 1. The number of hydrogen-bond donors (Lipinski definition) is 2. The molecule has 84 valence electrons. The third-order valence-corrected chi connectivity index (χ3v) is 3.01. The average Bonchev–Trinajstić information content (AvgIpc) is 2.27. The molecule has 0 aromatic heterocycles. The highest BCUT2D eigenvalue weighted by atomic mass is 16.4. The zero-order valence-electron chi connectivity index (χ0n) is 8.60. The molecule has 1 rings (SSSR count). The second kappa shape index (κ2) is 4.91. The molecule has 0 aliphatic heterocycles. The highest BCUT2D eigenvalue weighted by Crippen LogP contribution is 2.33. The predicted octanol–water partition coefficient (Wildman–Crippen LogP) is 0.0484. The van der Waals surface area contributed by atoms with E-state index in [9.17, 15) is 14.4 Å². The minimum Gasteiger partial charge on any atom is -0.481 e. The Morgan fingerprint density at radius 3 is 2.53 bits per heavy atom. The molecule has 0 spiro atoms. The van der Waals surface area contributed by atoms with Crippen molar-refractivity contribution in [3.8, 4) is 0 Å². The lowest BCUT2D eigenvalue weighted by atomic mass is 9.74. The van der Waals surface area contributed by atoms with Crippen molar-refractivity contribution in [2.45, 2.75) is 19.3 Å². The first-order chi connectivity index (χ1) is 7.10. The lowest BCUT2D eigenvalue weighted by Crippen LogP contribution is -2.39. The van der Waals surface area contributed by atoms with Crippen molar-refractivity contribution >= 4 is 18.2 Å². The van der Waals surface area contributed by atoms with Crippen molar-refractivity contribution in [2.24, 2.45) is 17.8 Å². The quantitative estimate of drug-likeness (QED) is 0.649. The van der Waals surface area contributed by atoms with Crippen LogP contribution in [0.4, 0.5) is 0 Å². The van der Waals surface area contributed by atoms with Crippen LogP contribution in [-0.4, -0.2) is 30.3 Å². The summed E-state index contributed by atoms with van der Waals surface area (Å²) >= 11 is 0. The highest BCUT2D eigenvalue weighted by molar-refractivity contribution is 5.83. The molecule has 0 aromatic carbocycles. The fourth-order valence-electron chi connectivity index (χ4n) is 2.07. The van der Waals surface area contributed by atoms with Crippen LogP contribution in [0.5, 0.6) is 0 Å². The molecule has 1 fully saturated rings. The van der Waals surface area contributed by atoms with Crippen molar-refractivity contribution < 1.29 is 19.5 Å². The molecule has 0 bridgehead atoms. The lowest BCUT2D eigenvalue weighted by Gasteiger charge is -2.29. The van der Waals surface area contributed by atoms with Gasteiger partial charge in [-0.1, -0.05) is 0 Å². The van der Waals surface area contributed by atoms with Gasteiger partial charge in [-0.3, -0.25) is 9.59 Å². The summed E-state index contributed by atoms with van der Waals surface area (Å²) in [5, 5.41) is 11.3. The van der Waals surface area contributed by atoms with E-state index < -0.39 is 17.8 Å². The zero-order chi connectivity index (χ0) is 11.4. The number of carbonyl (C=O) groups is 3. The minimum atomic E-state index is -0.881. The predicted molar refractivity (Wildman–Crippen MR) is 52.1 cm³/mol. The molecule has 1 amide bonds. The van der Waals surface area contributed by atoms with Gasteiger partial charge in [0.1, 0.15) is 6.29 Å². The first-order valence-corrected chi connectivity index (χ1v) is 4.99. The molecular formula is C10H15NO4. The molecule has 1 saturated carbocycles. The Bertz CT molecular complexity index is 277. The Kier molecular flexibility index (Phi) is 3.82.